The maximum absolute atomic E-state index is 10.7. The standard InChI is InChI=1S/C12H9N3O2/c16-14-11-8-4-7-10(12(11)15-17)13-9-5-2-1-3-6-9/h1-8,13H. The van der Waals surface area contributed by atoms with Crippen LogP contribution in [0.15, 0.2) is 58.9 Å². The van der Waals surface area contributed by atoms with Crippen LogP contribution in [0.5, 0.6) is 0 Å². The number of hydrogen-bond acceptors (Lipinski definition) is 5. The quantitative estimate of drug-likeness (QED) is 0.794. The molecule has 0 amide bonds. The summed E-state index contributed by atoms with van der Waals surface area (Å²) in [6.45, 7) is 0. The highest BCUT2D eigenvalue weighted by Crippen LogP contribution is 2.36. The largest absolute Gasteiger partial charge is 0.354 e. The Hall–Kier alpha value is -2.56. The molecule has 0 saturated heterocycles. The van der Waals surface area contributed by atoms with Gasteiger partial charge in [0.2, 0.25) is 0 Å². The van der Waals surface area contributed by atoms with Crippen molar-refractivity contribution in [2.45, 2.75) is 0 Å². The molecule has 0 bridgehead atoms. The number of anilines is 2. The minimum atomic E-state index is 0.0198. The van der Waals surface area contributed by atoms with Gasteiger partial charge in [0.1, 0.15) is 5.69 Å². The maximum atomic E-state index is 10.7. The molecule has 0 aliphatic carbocycles. The molecule has 0 fully saturated rings. The van der Waals surface area contributed by atoms with Crippen LogP contribution in [0.2, 0.25) is 0 Å². The minimum absolute atomic E-state index is 0.0198. The van der Waals surface area contributed by atoms with Gasteiger partial charge in [-0.2, -0.15) is 0 Å². The van der Waals surface area contributed by atoms with E-state index in [1.165, 1.54) is 6.07 Å². The smallest absolute Gasteiger partial charge is 0.160 e. The predicted octanol–water partition coefficient (Wildman–Crippen LogP) is 4.23. The van der Waals surface area contributed by atoms with Gasteiger partial charge < -0.3 is 5.32 Å². The lowest BCUT2D eigenvalue weighted by molar-refractivity contribution is 1.40. The first-order chi connectivity index (χ1) is 8.35. The molecular formula is C12H9N3O2. The van der Waals surface area contributed by atoms with Crippen molar-refractivity contribution in [2.24, 2.45) is 10.4 Å². The first-order valence-corrected chi connectivity index (χ1v) is 4.97. The van der Waals surface area contributed by atoms with Crippen molar-refractivity contribution in [3.8, 4) is 0 Å². The number of para-hydroxylation sites is 1. The van der Waals surface area contributed by atoms with E-state index in [-0.39, 0.29) is 11.4 Å². The van der Waals surface area contributed by atoms with E-state index in [1.54, 1.807) is 12.1 Å². The molecule has 2 rings (SSSR count). The van der Waals surface area contributed by atoms with Gasteiger partial charge in [0.05, 0.1) is 5.69 Å². The molecule has 0 aliphatic heterocycles. The average Bonchev–Trinajstić information content (AvgIpc) is 2.39. The molecule has 0 unspecified atom stereocenters. The molecule has 0 spiro atoms. The monoisotopic (exact) mass is 227 g/mol. The first kappa shape index (κ1) is 10.9. The lowest BCUT2D eigenvalue weighted by atomic mass is 10.2. The Morgan fingerprint density at radius 3 is 2.24 bits per heavy atom. The van der Waals surface area contributed by atoms with Gasteiger partial charge in [-0.25, -0.2) is 0 Å². The normalized spacial score (nSPS) is 9.65. The Morgan fingerprint density at radius 2 is 1.59 bits per heavy atom. The molecular weight excluding hydrogens is 218 g/mol. The van der Waals surface area contributed by atoms with E-state index in [9.17, 15) is 9.81 Å². The second-order valence-electron chi connectivity index (χ2n) is 3.35. The van der Waals surface area contributed by atoms with Crippen molar-refractivity contribution >= 4 is 22.7 Å². The van der Waals surface area contributed by atoms with Gasteiger partial charge in [0.15, 0.2) is 5.69 Å². The summed E-state index contributed by atoms with van der Waals surface area (Å²) in [5.41, 5.74) is 1.32. The van der Waals surface area contributed by atoms with Crippen molar-refractivity contribution in [2.75, 3.05) is 5.32 Å². The summed E-state index contributed by atoms with van der Waals surface area (Å²) >= 11 is 0. The topological polar surface area (TPSA) is 70.9 Å². The third-order valence-corrected chi connectivity index (χ3v) is 2.26. The third-order valence-electron chi connectivity index (χ3n) is 2.26. The third kappa shape index (κ3) is 2.34. The minimum Gasteiger partial charge on any atom is -0.354 e. The van der Waals surface area contributed by atoms with Gasteiger partial charge in [0, 0.05) is 5.69 Å². The Kier molecular flexibility index (Phi) is 3.20. The molecule has 0 atom stereocenters. The number of hydrogen-bond donors (Lipinski definition) is 1. The second-order valence-corrected chi connectivity index (χ2v) is 3.35. The number of nitroso groups, excluding NO2 is 2. The van der Waals surface area contributed by atoms with E-state index in [4.69, 9.17) is 0 Å². The summed E-state index contributed by atoms with van der Waals surface area (Å²) in [7, 11) is 0. The van der Waals surface area contributed by atoms with Crippen LogP contribution in [0.1, 0.15) is 0 Å². The molecule has 5 nitrogen and oxygen atoms in total. The van der Waals surface area contributed by atoms with E-state index in [2.05, 4.69) is 15.7 Å². The van der Waals surface area contributed by atoms with Crippen molar-refractivity contribution < 1.29 is 0 Å². The van der Waals surface area contributed by atoms with Gasteiger partial charge >= 0.3 is 0 Å². The van der Waals surface area contributed by atoms with Gasteiger partial charge in [-0.15, -0.1) is 9.81 Å². The summed E-state index contributed by atoms with van der Waals surface area (Å²) in [5, 5.41) is 8.60. The molecule has 0 radical (unpaired) electrons. The predicted molar refractivity (Wildman–Crippen MR) is 67.1 cm³/mol. The molecule has 2 aromatic rings. The Bertz CT molecular complexity index is 541. The fourth-order valence-corrected chi connectivity index (χ4v) is 1.48. The van der Waals surface area contributed by atoms with Crippen LogP contribution in [0.3, 0.4) is 0 Å². The molecule has 0 heterocycles. The van der Waals surface area contributed by atoms with Crippen LogP contribution in [-0.2, 0) is 0 Å². The maximum Gasteiger partial charge on any atom is 0.160 e. The van der Waals surface area contributed by atoms with Gasteiger partial charge in [-0.3, -0.25) is 0 Å². The van der Waals surface area contributed by atoms with E-state index >= 15 is 0 Å². The SMILES string of the molecule is O=Nc1cccc(Nc2ccccc2)c1N=O. The van der Waals surface area contributed by atoms with Gasteiger partial charge in [-0.1, -0.05) is 24.3 Å². The zero-order chi connectivity index (χ0) is 12.1. The zero-order valence-electron chi connectivity index (χ0n) is 8.83. The number of rotatable bonds is 4. The Balaban J connectivity index is 2.39. The van der Waals surface area contributed by atoms with Crippen LogP contribution in [0.4, 0.5) is 22.7 Å². The van der Waals surface area contributed by atoms with Crippen molar-refractivity contribution in [1.29, 1.82) is 0 Å². The molecule has 0 aromatic heterocycles. The molecule has 5 heteroatoms. The van der Waals surface area contributed by atoms with Crippen LogP contribution < -0.4 is 5.32 Å². The van der Waals surface area contributed by atoms with E-state index < -0.39 is 0 Å². The van der Waals surface area contributed by atoms with Crippen LogP contribution in [-0.4, -0.2) is 0 Å². The molecule has 1 N–H and O–H groups in total. The van der Waals surface area contributed by atoms with Crippen LogP contribution >= 0.6 is 0 Å². The molecule has 17 heavy (non-hydrogen) atoms. The highest BCUT2D eigenvalue weighted by Gasteiger charge is 2.09. The Morgan fingerprint density at radius 1 is 0.824 bits per heavy atom. The first-order valence-electron chi connectivity index (χ1n) is 4.97. The van der Waals surface area contributed by atoms with Crippen molar-refractivity contribution in [1.82, 2.24) is 0 Å². The second kappa shape index (κ2) is 4.98. The summed E-state index contributed by atoms with van der Waals surface area (Å²) in [4.78, 5) is 21.2. The highest BCUT2D eigenvalue weighted by molar-refractivity contribution is 5.80. The van der Waals surface area contributed by atoms with Crippen LogP contribution in [0, 0.1) is 9.81 Å². The van der Waals surface area contributed by atoms with Crippen molar-refractivity contribution in [3.05, 3.63) is 58.3 Å². The number of nitrogens with one attached hydrogen (secondary N) is 1. The lowest BCUT2D eigenvalue weighted by Gasteiger charge is -2.08. The fraction of sp³-hybridized carbons (Fsp3) is 0. The van der Waals surface area contributed by atoms with E-state index in [0.29, 0.717) is 5.69 Å². The summed E-state index contributed by atoms with van der Waals surface area (Å²) in [5.74, 6) is 0. The molecule has 84 valence electrons. The van der Waals surface area contributed by atoms with Crippen LogP contribution in [0.25, 0.3) is 0 Å². The summed E-state index contributed by atoms with van der Waals surface area (Å²) in [6.07, 6.45) is 0. The van der Waals surface area contributed by atoms with Gasteiger partial charge in [0.25, 0.3) is 0 Å². The zero-order valence-corrected chi connectivity index (χ0v) is 8.83. The number of benzene rings is 2. The van der Waals surface area contributed by atoms with Gasteiger partial charge in [-0.05, 0) is 34.6 Å². The number of nitrogens with zero attached hydrogens (tertiary/aromatic N) is 2. The van der Waals surface area contributed by atoms with Crippen molar-refractivity contribution in [3.63, 3.8) is 0 Å². The Labute approximate surface area is 97.4 Å². The fourth-order valence-electron chi connectivity index (χ4n) is 1.48. The average molecular weight is 227 g/mol. The molecule has 0 aliphatic rings. The van der Waals surface area contributed by atoms with E-state index in [1.807, 2.05) is 30.3 Å². The highest BCUT2D eigenvalue weighted by atomic mass is 16.3. The lowest BCUT2D eigenvalue weighted by Crippen LogP contribution is -1.89. The molecule has 2 aromatic carbocycles. The van der Waals surface area contributed by atoms with E-state index in [0.717, 1.165) is 5.69 Å². The summed E-state index contributed by atoms with van der Waals surface area (Å²) < 4.78 is 0. The summed E-state index contributed by atoms with van der Waals surface area (Å²) in [6, 6.07) is 14.0. The molecule has 0 saturated carbocycles.